The fraction of sp³-hybridized carbons (Fsp3) is 0.235. The van der Waals surface area contributed by atoms with Gasteiger partial charge in [-0.3, -0.25) is 4.79 Å². The van der Waals surface area contributed by atoms with Crippen LogP contribution >= 0.6 is 0 Å². The first kappa shape index (κ1) is 13.8. The summed E-state index contributed by atoms with van der Waals surface area (Å²) in [4.78, 5) is 10.6. The number of rotatable bonds is 6. The van der Waals surface area contributed by atoms with E-state index in [0.29, 0.717) is 13.2 Å². The number of carbonyl (C=O) groups excluding carboxylic acids is 1. The number of hydrogen-bond acceptors (Lipinski definition) is 3. The Balaban J connectivity index is 1.72. The van der Waals surface area contributed by atoms with E-state index < -0.39 is 5.91 Å². The van der Waals surface area contributed by atoms with Crippen LogP contribution < -0.4 is 11.1 Å². The first-order chi connectivity index (χ1) is 10.3. The van der Waals surface area contributed by atoms with Crippen molar-refractivity contribution in [2.45, 2.75) is 6.04 Å². The molecule has 0 saturated carbocycles. The summed E-state index contributed by atoms with van der Waals surface area (Å²) in [6, 6.07) is 17.0. The molecule has 0 spiro atoms. The Morgan fingerprint density at radius 3 is 2.19 bits per heavy atom. The second-order valence-electron chi connectivity index (χ2n) is 5.08. The summed E-state index contributed by atoms with van der Waals surface area (Å²) >= 11 is 0. The molecule has 2 aromatic carbocycles. The summed E-state index contributed by atoms with van der Waals surface area (Å²) in [7, 11) is 0. The van der Waals surface area contributed by atoms with Gasteiger partial charge in [0.15, 0.2) is 0 Å². The van der Waals surface area contributed by atoms with Gasteiger partial charge in [-0.1, -0.05) is 48.5 Å². The topological polar surface area (TPSA) is 64.4 Å². The molecule has 1 aliphatic carbocycles. The highest BCUT2D eigenvalue weighted by molar-refractivity contribution is 5.78. The molecule has 0 unspecified atom stereocenters. The van der Waals surface area contributed by atoms with E-state index in [1.54, 1.807) is 0 Å². The molecule has 0 radical (unpaired) electrons. The third kappa shape index (κ3) is 2.82. The van der Waals surface area contributed by atoms with Crippen molar-refractivity contribution in [2.24, 2.45) is 5.73 Å². The van der Waals surface area contributed by atoms with Crippen LogP contribution in [0.5, 0.6) is 0 Å². The molecule has 21 heavy (non-hydrogen) atoms. The van der Waals surface area contributed by atoms with Crippen LogP contribution in [-0.2, 0) is 9.53 Å². The molecule has 3 rings (SSSR count). The summed E-state index contributed by atoms with van der Waals surface area (Å²) in [5.74, 6) is -0.438. The van der Waals surface area contributed by atoms with E-state index in [9.17, 15) is 4.79 Å². The highest BCUT2D eigenvalue weighted by Crippen LogP contribution is 2.42. The van der Waals surface area contributed by atoms with Crippen molar-refractivity contribution in [3.05, 3.63) is 59.7 Å². The maximum absolute atomic E-state index is 10.6. The number of carbonyl (C=O) groups is 1. The molecule has 0 saturated heterocycles. The molecule has 2 aromatic rings. The third-order valence-electron chi connectivity index (χ3n) is 3.67. The van der Waals surface area contributed by atoms with E-state index in [4.69, 9.17) is 10.5 Å². The SMILES string of the molecule is NC(=O)COCCNC1c2ccccc2-c2ccccc21. The fourth-order valence-electron chi connectivity index (χ4n) is 2.82. The van der Waals surface area contributed by atoms with Gasteiger partial charge >= 0.3 is 0 Å². The quantitative estimate of drug-likeness (QED) is 0.795. The van der Waals surface area contributed by atoms with E-state index >= 15 is 0 Å². The van der Waals surface area contributed by atoms with Crippen molar-refractivity contribution in [3.63, 3.8) is 0 Å². The summed E-state index contributed by atoms with van der Waals surface area (Å²) in [6.07, 6.45) is 0. The molecule has 0 aromatic heterocycles. The molecule has 4 nitrogen and oxygen atoms in total. The van der Waals surface area contributed by atoms with Crippen molar-refractivity contribution in [3.8, 4) is 11.1 Å². The minimum atomic E-state index is -0.438. The molecule has 108 valence electrons. The van der Waals surface area contributed by atoms with Crippen LogP contribution in [0.4, 0.5) is 0 Å². The lowest BCUT2D eigenvalue weighted by atomic mass is 10.1. The largest absolute Gasteiger partial charge is 0.370 e. The molecule has 0 atom stereocenters. The van der Waals surface area contributed by atoms with Crippen molar-refractivity contribution < 1.29 is 9.53 Å². The minimum absolute atomic E-state index is 0.0283. The lowest BCUT2D eigenvalue weighted by Gasteiger charge is -2.15. The second kappa shape index (κ2) is 6.08. The van der Waals surface area contributed by atoms with Crippen molar-refractivity contribution in [1.29, 1.82) is 0 Å². The molecule has 0 bridgehead atoms. The van der Waals surface area contributed by atoms with Gasteiger partial charge in [0, 0.05) is 6.54 Å². The number of amides is 1. The summed E-state index contributed by atoms with van der Waals surface area (Å²) in [5, 5.41) is 3.49. The number of primary amides is 1. The Morgan fingerprint density at radius 2 is 1.62 bits per heavy atom. The predicted octanol–water partition coefficient (Wildman–Crippen LogP) is 1.85. The molecule has 0 fully saturated rings. The van der Waals surface area contributed by atoms with Gasteiger partial charge in [0.25, 0.3) is 0 Å². The Hall–Kier alpha value is -2.17. The predicted molar refractivity (Wildman–Crippen MR) is 81.7 cm³/mol. The zero-order valence-corrected chi connectivity index (χ0v) is 11.7. The third-order valence-corrected chi connectivity index (χ3v) is 3.67. The first-order valence-corrected chi connectivity index (χ1v) is 7.05. The van der Waals surface area contributed by atoms with Crippen LogP contribution in [0.1, 0.15) is 17.2 Å². The van der Waals surface area contributed by atoms with Gasteiger partial charge in [-0.2, -0.15) is 0 Å². The van der Waals surface area contributed by atoms with E-state index in [-0.39, 0.29) is 12.6 Å². The lowest BCUT2D eigenvalue weighted by Crippen LogP contribution is -2.27. The number of benzene rings is 2. The van der Waals surface area contributed by atoms with Gasteiger partial charge in [-0.25, -0.2) is 0 Å². The van der Waals surface area contributed by atoms with Crippen LogP contribution in [-0.4, -0.2) is 25.7 Å². The van der Waals surface area contributed by atoms with Gasteiger partial charge < -0.3 is 15.8 Å². The number of nitrogens with one attached hydrogen (secondary N) is 1. The van der Waals surface area contributed by atoms with Gasteiger partial charge in [0.05, 0.1) is 12.6 Å². The number of hydrogen-bond donors (Lipinski definition) is 2. The van der Waals surface area contributed by atoms with Crippen LogP contribution in [0, 0.1) is 0 Å². The summed E-state index contributed by atoms with van der Waals surface area (Å²) in [5.41, 5.74) is 10.2. The molecule has 1 amide bonds. The Labute approximate surface area is 123 Å². The standard InChI is InChI=1S/C17H18N2O2/c18-16(20)11-21-10-9-19-17-14-7-3-1-5-12(14)13-6-2-4-8-15(13)17/h1-8,17,19H,9-11H2,(H2,18,20). The second-order valence-corrected chi connectivity index (χ2v) is 5.08. The number of fused-ring (bicyclic) bond motifs is 3. The highest BCUT2D eigenvalue weighted by atomic mass is 16.5. The smallest absolute Gasteiger partial charge is 0.243 e. The zero-order chi connectivity index (χ0) is 14.7. The van der Waals surface area contributed by atoms with E-state index in [0.717, 1.165) is 0 Å². The average Bonchev–Trinajstić information content (AvgIpc) is 2.81. The molecule has 4 heteroatoms. The Morgan fingerprint density at radius 1 is 1.05 bits per heavy atom. The summed E-state index contributed by atoms with van der Waals surface area (Å²) in [6.45, 7) is 1.10. The van der Waals surface area contributed by atoms with Crippen LogP contribution in [0.25, 0.3) is 11.1 Å². The minimum Gasteiger partial charge on any atom is -0.370 e. The zero-order valence-electron chi connectivity index (χ0n) is 11.7. The fourth-order valence-corrected chi connectivity index (χ4v) is 2.82. The van der Waals surface area contributed by atoms with Crippen LogP contribution in [0.15, 0.2) is 48.5 Å². The van der Waals surface area contributed by atoms with E-state index in [1.807, 2.05) is 0 Å². The van der Waals surface area contributed by atoms with Crippen LogP contribution in [0.3, 0.4) is 0 Å². The molecular weight excluding hydrogens is 264 g/mol. The van der Waals surface area contributed by atoms with Gasteiger partial charge in [-0.05, 0) is 22.3 Å². The Kier molecular flexibility index (Phi) is 3.99. The Bertz CT molecular complexity index is 609. The van der Waals surface area contributed by atoms with Crippen LogP contribution in [0.2, 0.25) is 0 Å². The van der Waals surface area contributed by atoms with Crippen molar-refractivity contribution in [1.82, 2.24) is 5.32 Å². The first-order valence-electron chi connectivity index (χ1n) is 7.05. The lowest BCUT2D eigenvalue weighted by molar-refractivity contribution is -0.122. The highest BCUT2D eigenvalue weighted by Gasteiger charge is 2.27. The number of ether oxygens (including phenoxy) is 1. The molecular formula is C17H18N2O2. The summed E-state index contributed by atoms with van der Waals surface area (Å²) < 4.78 is 5.19. The normalized spacial score (nSPS) is 13.0. The monoisotopic (exact) mass is 282 g/mol. The van der Waals surface area contributed by atoms with Gasteiger partial charge in [0.2, 0.25) is 5.91 Å². The van der Waals surface area contributed by atoms with Gasteiger partial charge in [0.1, 0.15) is 6.61 Å². The van der Waals surface area contributed by atoms with E-state index in [1.165, 1.54) is 22.3 Å². The molecule has 0 aliphatic heterocycles. The van der Waals surface area contributed by atoms with E-state index in [2.05, 4.69) is 53.8 Å². The average molecular weight is 282 g/mol. The molecule has 1 aliphatic rings. The van der Waals surface area contributed by atoms with Crippen molar-refractivity contribution in [2.75, 3.05) is 19.8 Å². The number of nitrogens with two attached hydrogens (primary N) is 1. The maximum atomic E-state index is 10.6. The molecule has 3 N–H and O–H groups in total. The van der Waals surface area contributed by atoms with Crippen molar-refractivity contribution >= 4 is 5.91 Å². The molecule has 0 heterocycles. The van der Waals surface area contributed by atoms with Gasteiger partial charge in [-0.15, -0.1) is 0 Å². The maximum Gasteiger partial charge on any atom is 0.243 e.